The van der Waals surface area contributed by atoms with Crippen molar-refractivity contribution in [1.29, 1.82) is 0 Å². The molecule has 1 rings (SSSR count). The van der Waals surface area contributed by atoms with Crippen molar-refractivity contribution in [3.05, 3.63) is 35.9 Å². The topological polar surface area (TPSA) is 87.5 Å². The van der Waals surface area contributed by atoms with Gasteiger partial charge in [0, 0.05) is 38.6 Å². The van der Waals surface area contributed by atoms with E-state index in [1.165, 1.54) is 0 Å². The second kappa shape index (κ2) is 10.1. The Bertz CT molecular complexity index is 489. The summed E-state index contributed by atoms with van der Waals surface area (Å²) in [6.07, 6.45) is 0.237. The van der Waals surface area contributed by atoms with Gasteiger partial charge in [-0.1, -0.05) is 30.3 Å². The molecule has 0 spiro atoms. The Morgan fingerprint density at radius 1 is 1.17 bits per heavy atom. The summed E-state index contributed by atoms with van der Waals surface area (Å²) >= 11 is 0. The fourth-order valence-electron chi connectivity index (χ4n) is 1.76. The van der Waals surface area contributed by atoms with Gasteiger partial charge in [-0.25, -0.2) is 4.79 Å². The molecule has 6 nitrogen and oxygen atoms in total. The van der Waals surface area contributed by atoms with E-state index in [2.05, 4.69) is 10.6 Å². The Hall–Kier alpha value is -1.79. The lowest BCUT2D eigenvalue weighted by Gasteiger charge is -2.20. The molecule has 0 aliphatic rings. The van der Waals surface area contributed by atoms with E-state index < -0.39 is 5.54 Å². The van der Waals surface area contributed by atoms with Crippen LogP contribution in [0.3, 0.4) is 0 Å². The van der Waals surface area contributed by atoms with Crippen LogP contribution in [0.4, 0.5) is 4.79 Å². The van der Waals surface area contributed by atoms with Gasteiger partial charge < -0.3 is 21.3 Å². The van der Waals surface area contributed by atoms with Gasteiger partial charge in [-0.3, -0.25) is 4.79 Å². The molecule has 0 unspecified atom stereocenters. The molecule has 130 valence electrons. The zero-order valence-corrected chi connectivity index (χ0v) is 14.8. The van der Waals surface area contributed by atoms with Gasteiger partial charge in [0.2, 0.25) is 5.91 Å². The molecule has 0 saturated carbocycles. The Morgan fingerprint density at radius 2 is 1.78 bits per heavy atom. The van der Waals surface area contributed by atoms with E-state index in [9.17, 15) is 9.59 Å². The molecule has 7 heteroatoms. The molecule has 1 aromatic carbocycles. The van der Waals surface area contributed by atoms with E-state index in [0.29, 0.717) is 19.6 Å². The number of hydrogen-bond donors (Lipinski definition) is 3. The van der Waals surface area contributed by atoms with Crippen molar-refractivity contribution in [1.82, 2.24) is 15.5 Å². The van der Waals surface area contributed by atoms with Crippen LogP contribution in [0.25, 0.3) is 0 Å². The van der Waals surface area contributed by atoms with Crippen molar-refractivity contribution in [2.24, 2.45) is 5.73 Å². The quantitative estimate of drug-likeness (QED) is 0.701. The molecule has 3 amide bonds. The number of amides is 3. The van der Waals surface area contributed by atoms with E-state index in [0.717, 1.165) is 5.56 Å². The molecule has 0 saturated heterocycles. The van der Waals surface area contributed by atoms with E-state index in [1.807, 2.05) is 44.2 Å². The molecule has 0 radical (unpaired) electrons. The number of nitrogens with two attached hydrogens (primary N) is 1. The largest absolute Gasteiger partial charge is 0.354 e. The van der Waals surface area contributed by atoms with Crippen molar-refractivity contribution < 1.29 is 9.59 Å². The van der Waals surface area contributed by atoms with E-state index >= 15 is 0 Å². The highest BCUT2D eigenvalue weighted by Gasteiger charge is 2.13. The van der Waals surface area contributed by atoms with Gasteiger partial charge in [0.15, 0.2) is 0 Å². The Morgan fingerprint density at radius 3 is 2.35 bits per heavy atom. The number of halogens is 1. The summed E-state index contributed by atoms with van der Waals surface area (Å²) in [6, 6.07) is 9.53. The average molecular weight is 343 g/mol. The van der Waals surface area contributed by atoms with Gasteiger partial charge in [0.1, 0.15) is 0 Å². The molecule has 0 heterocycles. The highest BCUT2D eigenvalue weighted by Crippen LogP contribution is 2.02. The fraction of sp³-hybridized carbons (Fsp3) is 0.500. The predicted molar refractivity (Wildman–Crippen MR) is 94.4 cm³/mol. The minimum atomic E-state index is -0.436. The molecule has 4 N–H and O–H groups in total. The smallest absolute Gasteiger partial charge is 0.317 e. The molecule has 0 aliphatic carbocycles. The van der Waals surface area contributed by atoms with Crippen molar-refractivity contribution >= 4 is 24.3 Å². The van der Waals surface area contributed by atoms with E-state index in [1.54, 1.807) is 11.9 Å². The monoisotopic (exact) mass is 342 g/mol. The van der Waals surface area contributed by atoms with Crippen molar-refractivity contribution in [3.63, 3.8) is 0 Å². The number of rotatable bonds is 7. The number of benzene rings is 1. The summed E-state index contributed by atoms with van der Waals surface area (Å²) in [7, 11) is 1.72. The summed E-state index contributed by atoms with van der Waals surface area (Å²) in [5, 5.41) is 5.46. The van der Waals surface area contributed by atoms with Gasteiger partial charge in [0.05, 0.1) is 0 Å². The lowest BCUT2D eigenvalue weighted by Crippen LogP contribution is -2.46. The lowest BCUT2D eigenvalue weighted by atomic mass is 10.1. The second-order valence-electron chi connectivity index (χ2n) is 6.09. The molecular weight excluding hydrogens is 316 g/mol. The maximum Gasteiger partial charge on any atom is 0.317 e. The molecule has 0 atom stereocenters. The normalized spacial score (nSPS) is 10.4. The maximum atomic E-state index is 11.9. The third-order valence-corrected chi connectivity index (χ3v) is 2.98. The SMILES string of the molecule is CN(Cc1ccccc1)C(=O)NCCC(=O)NCC(C)(C)N.Cl. The number of carbonyl (C=O) groups is 2. The molecule has 23 heavy (non-hydrogen) atoms. The highest BCUT2D eigenvalue weighted by molar-refractivity contribution is 5.85. The molecule has 0 bridgehead atoms. The molecule has 1 aromatic rings. The number of nitrogens with one attached hydrogen (secondary N) is 2. The third-order valence-electron chi connectivity index (χ3n) is 2.98. The zero-order chi connectivity index (χ0) is 16.6. The maximum absolute atomic E-state index is 11.9. The van der Waals surface area contributed by atoms with Crippen LogP contribution in [0.15, 0.2) is 30.3 Å². The molecule has 0 aromatic heterocycles. The first kappa shape index (κ1) is 21.2. The summed E-state index contributed by atoms with van der Waals surface area (Å²) in [5.74, 6) is -0.121. The summed E-state index contributed by atoms with van der Waals surface area (Å²) in [5.41, 5.74) is 6.41. The molecular formula is C16H27ClN4O2. The second-order valence-corrected chi connectivity index (χ2v) is 6.09. The third kappa shape index (κ3) is 9.76. The molecule has 0 aliphatic heterocycles. The summed E-state index contributed by atoms with van der Waals surface area (Å²) in [4.78, 5) is 25.1. The predicted octanol–water partition coefficient (Wildman–Crippen LogP) is 1.49. The number of hydrogen-bond acceptors (Lipinski definition) is 3. The van der Waals surface area contributed by atoms with E-state index in [4.69, 9.17) is 5.73 Å². The van der Waals surface area contributed by atoms with Crippen LogP contribution in [0.2, 0.25) is 0 Å². The minimum absolute atomic E-state index is 0. The Balaban J connectivity index is 0.00000484. The van der Waals surface area contributed by atoms with Crippen LogP contribution in [0, 0.1) is 0 Å². The van der Waals surface area contributed by atoms with Crippen LogP contribution in [0.1, 0.15) is 25.8 Å². The summed E-state index contributed by atoms with van der Waals surface area (Å²) in [6.45, 7) is 4.92. The number of urea groups is 1. The fourth-order valence-corrected chi connectivity index (χ4v) is 1.76. The van der Waals surface area contributed by atoms with Gasteiger partial charge >= 0.3 is 6.03 Å². The lowest BCUT2D eigenvalue weighted by molar-refractivity contribution is -0.121. The van der Waals surface area contributed by atoms with Crippen molar-refractivity contribution in [3.8, 4) is 0 Å². The first-order valence-corrected chi connectivity index (χ1v) is 7.36. The van der Waals surface area contributed by atoms with Crippen LogP contribution in [-0.2, 0) is 11.3 Å². The van der Waals surface area contributed by atoms with Crippen LogP contribution < -0.4 is 16.4 Å². The number of carbonyl (C=O) groups excluding carboxylic acids is 2. The zero-order valence-electron chi connectivity index (χ0n) is 14.0. The first-order chi connectivity index (χ1) is 10.3. The van der Waals surface area contributed by atoms with Gasteiger partial charge in [-0.05, 0) is 19.4 Å². The van der Waals surface area contributed by atoms with E-state index in [-0.39, 0.29) is 30.8 Å². The summed E-state index contributed by atoms with van der Waals surface area (Å²) < 4.78 is 0. The first-order valence-electron chi connectivity index (χ1n) is 7.36. The highest BCUT2D eigenvalue weighted by atomic mass is 35.5. The Labute approximate surface area is 144 Å². The van der Waals surface area contributed by atoms with Crippen LogP contribution in [-0.4, -0.2) is 42.5 Å². The average Bonchev–Trinajstić information content (AvgIpc) is 2.45. The van der Waals surface area contributed by atoms with Crippen LogP contribution >= 0.6 is 12.4 Å². The van der Waals surface area contributed by atoms with Crippen LogP contribution in [0.5, 0.6) is 0 Å². The van der Waals surface area contributed by atoms with Gasteiger partial charge in [-0.2, -0.15) is 0 Å². The minimum Gasteiger partial charge on any atom is -0.354 e. The number of nitrogens with zero attached hydrogens (tertiary/aromatic N) is 1. The van der Waals surface area contributed by atoms with Crippen molar-refractivity contribution in [2.45, 2.75) is 32.4 Å². The molecule has 0 fully saturated rings. The van der Waals surface area contributed by atoms with Gasteiger partial charge in [-0.15, -0.1) is 12.4 Å². The van der Waals surface area contributed by atoms with Gasteiger partial charge in [0.25, 0.3) is 0 Å². The van der Waals surface area contributed by atoms with Crippen molar-refractivity contribution in [2.75, 3.05) is 20.1 Å². The Kier molecular flexibility index (Phi) is 9.29. The standard InChI is InChI=1S/C16H26N4O2.ClH/c1-16(2,17)12-19-14(21)9-10-18-15(22)20(3)11-13-7-5-4-6-8-13;/h4-8H,9-12,17H2,1-3H3,(H,18,22)(H,19,21);1H.